The van der Waals surface area contributed by atoms with E-state index in [2.05, 4.69) is 10.6 Å². The van der Waals surface area contributed by atoms with Crippen LogP contribution in [0.3, 0.4) is 0 Å². The van der Waals surface area contributed by atoms with Crippen molar-refractivity contribution in [1.29, 1.82) is 0 Å². The molecular weight excluding hydrogens is 208 g/mol. The van der Waals surface area contributed by atoms with E-state index in [9.17, 15) is 13.2 Å². The molecule has 0 saturated heterocycles. The summed E-state index contributed by atoms with van der Waals surface area (Å²) >= 11 is 0. The number of carbonyl (C=O) groups excluding carboxylic acids is 1. The lowest BCUT2D eigenvalue weighted by atomic mass is 10.2. The quantitative estimate of drug-likeness (QED) is 0.560. The standard InChI is InChI=1S/C7H12N2O4S/c1-2-3-5-4-6(10)9-7(8-5)14(11,12)13/h4,7-8H,2-3H2,1H3,(H,9,10)(H,11,12,13). The van der Waals surface area contributed by atoms with E-state index in [0.29, 0.717) is 12.1 Å². The summed E-state index contributed by atoms with van der Waals surface area (Å²) in [4.78, 5) is 11.0. The zero-order valence-electron chi connectivity index (χ0n) is 7.65. The van der Waals surface area contributed by atoms with E-state index in [1.807, 2.05) is 6.92 Å². The van der Waals surface area contributed by atoms with Gasteiger partial charge in [0.15, 0.2) is 0 Å². The van der Waals surface area contributed by atoms with E-state index in [-0.39, 0.29) is 0 Å². The largest absolute Gasteiger partial charge is 0.354 e. The maximum atomic E-state index is 11.0. The maximum Gasteiger partial charge on any atom is 0.305 e. The molecule has 0 aromatic carbocycles. The number of amides is 1. The van der Waals surface area contributed by atoms with Crippen molar-refractivity contribution in [3.05, 3.63) is 11.8 Å². The summed E-state index contributed by atoms with van der Waals surface area (Å²) < 4.78 is 30.2. The minimum absolute atomic E-state index is 0.513. The van der Waals surface area contributed by atoms with Gasteiger partial charge in [-0.25, -0.2) is 0 Å². The van der Waals surface area contributed by atoms with Gasteiger partial charge in [-0.1, -0.05) is 13.3 Å². The summed E-state index contributed by atoms with van der Waals surface area (Å²) in [7, 11) is -4.29. The van der Waals surface area contributed by atoms with Crippen LogP contribution >= 0.6 is 0 Å². The van der Waals surface area contributed by atoms with Crippen molar-refractivity contribution in [1.82, 2.24) is 10.6 Å². The Labute approximate surface area is 82.1 Å². The predicted octanol–water partition coefficient (Wildman–Crippen LogP) is -0.439. The lowest BCUT2D eigenvalue weighted by Crippen LogP contribution is -2.52. The monoisotopic (exact) mass is 220 g/mol. The topological polar surface area (TPSA) is 95.5 Å². The van der Waals surface area contributed by atoms with Crippen LogP contribution in [-0.4, -0.2) is 24.4 Å². The van der Waals surface area contributed by atoms with Crippen molar-refractivity contribution in [2.24, 2.45) is 0 Å². The summed E-state index contributed by atoms with van der Waals surface area (Å²) in [6, 6.07) is 0. The molecule has 0 aliphatic carbocycles. The van der Waals surface area contributed by atoms with Crippen molar-refractivity contribution < 1.29 is 17.8 Å². The van der Waals surface area contributed by atoms with Gasteiger partial charge in [-0.05, 0) is 6.42 Å². The Kier molecular flexibility index (Phi) is 3.12. The minimum Gasteiger partial charge on any atom is -0.354 e. The third-order valence-corrected chi connectivity index (χ3v) is 2.54. The third-order valence-electron chi connectivity index (χ3n) is 1.71. The van der Waals surface area contributed by atoms with E-state index in [1.165, 1.54) is 6.08 Å². The Morgan fingerprint density at radius 2 is 2.14 bits per heavy atom. The lowest BCUT2D eigenvalue weighted by molar-refractivity contribution is -0.117. The molecule has 3 N–H and O–H groups in total. The van der Waals surface area contributed by atoms with Crippen molar-refractivity contribution in [3.8, 4) is 0 Å². The molecule has 1 aliphatic heterocycles. The zero-order valence-corrected chi connectivity index (χ0v) is 8.47. The van der Waals surface area contributed by atoms with Gasteiger partial charge in [0.05, 0.1) is 0 Å². The van der Waals surface area contributed by atoms with Crippen LogP contribution in [0, 0.1) is 0 Å². The molecule has 1 rings (SSSR count). The highest BCUT2D eigenvalue weighted by atomic mass is 32.2. The highest BCUT2D eigenvalue weighted by molar-refractivity contribution is 7.86. The second-order valence-corrected chi connectivity index (χ2v) is 4.47. The summed E-state index contributed by atoms with van der Waals surface area (Å²) in [5.41, 5.74) is -0.916. The van der Waals surface area contributed by atoms with Gasteiger partial charge >= 0.3 is 10.1 Å². The Bertz CT molecular complexity index is 360. The van der Waals surface area contributed by atoms with Gasteiger partial charge < -0.3 is 10.6 Å². The van der Waals surface area contributed by atoms with Gasteiger partial charge in [0, 0.05) is 11.8 Å². The number of carbonyl (C=O) groups is 1. The molecule has 0 aromatic rings. The number of hydrogen-bond donors (Lipinski definition) is 3. The molecule has 1 amide bonds. The Morgan fingerprint density at radius 3 is 2.64 bits per heavy atom. The lowest BCUT2D eigenvalue weighted by Gasteiger charge is -2.23. The van der Waals surface area contributed by atoms with E-state index < -0.39 is 21.5 Å². The fourth-order valence-electron chi connectivity index (χ4n) is 1.14. The highest BCUT2D eigenvalue weighted by Gasteiger charge is 2.28. The number of rotatable bonds is 3. The summed E-state index contributed by atoms with van der Waals surface area (Å²) in [6.07, 6.45) is 2.63. The average Bonchev–Trinajstić information content (AvgIpc) is 2.02. The van der Waals surface area contributed by atoms with Crippen LogP contribution in [0.25, 0.3) is 0 Å². The molecule has 6 nitrogen and oxygen atoms in total. The smallest absolute Gasteiger partial charge is 0.305 e. The normalized spacial score (nSPS) is 22.3. The summed E-state index contributed by atoms with van der Waals surface area (Å²) in [5.74, 6) is -0.519. The molecule has 0 aromatic heterocycles. The predicted molar refractivity (Wildman–Crippen MR) is 49.6 cm³/mol. The van der Waals surface area contributed by atoms with E-state index in [1.54, 1.807) is 0 Å². The highest BCUT2D eigenvalue weighted by Crippen LogP contribution is 2.07. The van der Waals surface area contributed by atoms with Crippen molar-refractivity contribution in [2.45, 2.75) is 25.3 Å². The SMILES string of the molecule is CCCC1=CC(=O)NC(S(=O)(=O)O)N1. The van der Waals surface area contributed by atoms with Crippen LogP contribution in [-0.2, 0) is 14.9 Å². The Hall–Kier alpha value is -1.08. The van der Waals surface area contributed by atoms with Crippen LogP contribution < -0.4 is 10.6 Å². The molecule has 80 valence electrons. The molecule has 1 heterocycles. The molecule has 1 aliphatic rings. The van der Waals surface area contributed by atoms with E-state index in [4.69, 9.17) is 4.55 Å². The third kappa shape index (κ3) is 2.71. The zero-order chi connectivity index (χ0) is 10.8. The first-order valence-corrected chi connectivity index (χ1v) is 5.67. The van der Waals surface area contributed by atoms with Gasteiger partial charge in [0.1, 0.15) is 0 Å². The molecule has 0 spiro atoms. The van der Waals surface area contributed by atoms with Crippen LogP contribution in [0.4, 0.5) is 0 Å². The van der Waals surface area contributed by atoms with E-state index in [0.717, 1.165) is 6.42 Å². The van der Waals surface area contributed by atoms with Gasteiger partial charge in [-0.15, -0.1) is 0 Å². The van der Waals surface area contributed by atoms with Crippen LogP contribution in [0.1, 0.15) is 19.8 Å². The fraction of sp³-hybridized carbons (Fsp3) is 0.571. The molecule has 0 fully saturated rings. The molecule has 0 bridgehead atoms. The van der Waals surface area contributed by atoms with Crippen LogP contribution in [0.5, 0.6) is 0 Å². The molecular formula is C7H12N2O4S. The first-order chi connectivity index (χ1) is 6.43. The number of nitrogens with one attached hydrogen (secondary N) is 2. The van der Waals surface area contributed by atoms with Gasteiger partial charge in [-0.3, -0.25) is 9.35 Å². The van der Waals surface area contributed by atoms with Gasteiger partial charge in [-0.2, -0.15) is 8.42 Å². The summed E-state index contributed by atoms with van der Waals surface area (Å²) in [5, 5.41) is 4.60. The molecule has 1 unspecified atom stereocenters. The van der Waals surface area contributed by atoms with Gasteiger partial charge in [0.2, 0.25) is 11.4 Å². The molecule has 14 heavy (non-hydrogen) atoms. The van der Waals surface area contributed by atoms with Gasteiger partial charge in [0.25, 0.3) is 0 Å². The fourth-order valence-corrected chi connectivity index (χ4v) is 1.70. The second kappa shape index (κ2) is 3.97. The Balaban J connectivity index is 2.81. The molecule has 0 saturated carbocycles. The van der Waals surface area contributed by atoms with Crippen molar-refractivity contribution >= 4 is 16.0 Å². The molecule has 7 heteroatoms. The van der Waals surface area contributed by atoms with Crippen LogP contribution in [0.2, 0.25) is 0 Å². The number of allylic oxidation sites excluding steroid dienone is 1. The van der Waals surface area contributed by atoms with Crippen molar-refractivity contribution in [2.75, 3.05) is 0 Å². The minimum atomic E-state index is -4.29. The van der Waals surface area contributed by atoms with Crippen LogP contribution in [0.15, 0.2) is 11.8 Å². The maximum absolute atomic E-state index is 11.0. The van der Waals surface area contributed by atoms with Crippen molar-refractivity contribution in [3.63, 3.8) is 0 Å². The summed E-state index contributed by atoms with van der Waals surface area (Å²) in [6.45, 7) is 1.90. The Morgan fingerprint density at radius 1 is 1.50 bits per heavy atom. The first kappa shape index (κ1) is 11.0. The molecule has 1 atom stereocenters. The number of hydrogen-bond acceptors (Lipinski definition) is 4. The van der Waals surface area contributed by atoms with E-state index >= 15 is 0 Å². The second-order valence-electron chi connectivity index (χ2n) is 2.97. The average molecular weight is 220 g/mol. The molecule has 0 radical (unpaired) electrons. The first-order valence-electron chi connectivity index (χ1n) is 4.17.